The molecule has 0 aromatic rings. The van der Waals surface area contributed by atoms with Crippen LogP contribution >= 0.6 is 0 Å². The maximum Gasteiger partial charge on any atom is 0.236 e. The summed E-state index contributed by atoms with van der Waals surface area (Å²) in [4.78, 5) is 13.7. The molecule has 2 fully saturated rings. The Labute approximate surface area is 85.8 Å². The van der Waals surface area contributed by atoms with E-state index in [4.69, 9.17) is 0 Å². The highest BCUT2D eigenvalue weighted by Crippen LogP contribution is 2.28. The molecule has 3 nitrogen and oxygen atoms in total. The first-order valence-corrected chi connectivity index (χ1v) is 5.78. The zero-order chi connectivity index (χ0) is 9.97. The molecule has 1 aliphatic heterocycles. The van der Waals surface area contributed by atoms with Crippen LogP contribution in [0.5, 0.6) is 0 Å². The number of nitrogens with one attached hydrogen (secondary N) is 1. The molecule has 1 saturated heterocycles. The molecule has 2 rings (SSSR count). The molecule has 0 radical (unpaired) electrons. The van der Waals surface area contributed by atoms with Gasteiger partial charge in [-0.2, -0.15) is 0 Å². The summed E-state index contributed by atoms with van der Waals surface area (Å²) in [5, 5.41) is 3.31. The molecular weight excluding hydrogens is 176 g/mol. The van der Waals surface area contributed by atoms with Crippen molar-refractivity contribution < 1.29 is 4.79 Å². The van der Waals surface area contributed by atoms with Crippen LogP contribution in [0.4, 0.5) is 0 Å². The Bertz CT molecular complexity index is 211. The zero-order valence-electron chi connectivity index (χ0n) is 8.96. The second-order valence-electron chi connectivity index (χ2n) is 4.64. The fraction of sp³-hybridized carbons (Fsp3) is 0.909. The molecule has 0 spiro atoms. The highest BCUT2D eigenvalue weighted by Gasteiger charge is 2.32. The highest BCUT2D eigenvalue weighted by atomic mass is 16.2. The van der Waals surface area contributed by atoms with Gasteiger partial charge in [-0.05, 0) is 31.6 Å². The molecule has 80 valence electrons. The van der Waals surface area contributed by atoms with Crippen LogP contribution in [0.25, 0.3) is 0 Å². The number of carbonyl (C=O) groups excluding carboxylic acids is 1. The molecule has 0 bridgehead atoms. The predicted octanol–water partition coefficient (Wildman–Crippen LogP) is 0.997. The van der Waals surface area contributed by atoms with E-state index in [2.05, 4.69) is 12.2 Å². The van der Waals surface area contributed by atoms with E-state index in [-0.39, 0.29) is 0 Å². The first-order chi connectivity index (χ1) is 6.77. The van der Waals surface area contributed by atoms with Crippen LogP contribution in [-0.2, 0) is 4.79 Å². The molecule has 1 amide bonds. The van der Waals surface area contributed by atoms with Crippen molar-refractivity contribution in [2.45, 2.75) is 38.6 Å². The van der Waals surface area contributed by atoms with Crippen LogP contribution in [0, 0.1) is 5.92 Å². The van der Waals surface area contributed by atoms with Gasteiger partial charge in [-0.25, -0.2) is 0 Å². The second kappa shape index (κ2) is 4.30. The van der Waals surface area contributed by atoms with Gasteiger partial charge < -0.3 is 10.2 Å². The van der Waals surface area contributed by atoms with E-state index in [1.165, 1.54) is 25.7 Å². The Balaban J connectivity index is 1.66. The monoisotopic (exact) mass is 196 g/mol. The van der Waals surface area contributed by atoms with Gasteiger partial charge in [-0.3, -0.25) is 4.79 Å². The predicted molar refractivity (Wildman–Crippen MR) is 56.0 cm³/mol. The van der Waals surface area contributed by atoms with E-state index in [1.54, 1.807) is 0 Å². The minimum atomic E-state index is 0.295. The van der Waals surface area contributed by atoms with Gasteiger partial charge in [0.25, 0.3) is 0 Å². The van der Waals surface area contributed by atoms with Crippen molar-refractivity contribution in [2.75, 3.05) is 19.6 Å². The summed E-state index contributed by atoms with van der Waals surface area (Å²) in [5.74, 6) is 1.08. The van der Waals surface area contributed by atoms with Crippen molar-refractivity contribution in [3.05, 3.63) is 0 Å². The third-order valence-corrected chi connectivity index (χ3v) is 3.33. The van der Waals surface area contributed by atoms with Gasteiger partial charge in [0.15, 0.2) is 0 Å². The number of hydrogen-bond acceptors (Lipinski definition) is 2. The number of carbonyl (C=O) groups is 1. The molecule has 2 atom stereocenters. The van der Waals surface area contributed by atoms with Gasteiger partial charge in [-0.1, -0.05) is 6.92 Å². The summed E-state index contributed by atoms with van der Waals surface area (Å²) in [6.45, 7) is 4.72. The summed E-state index contributed by atoms with van der Waals surface area (Å²) < 4.78 is 0. The molecule has 2 unspecified atom stereocenters. The molecule has 1 aliphatic carbocycles. The molecule has 1 heterocycles. The zero-order valence-corrected chi connectivity index (χ0v) is 8.96. The Hall–Kier alpha value is -0.570. The normalized spacial score (nSPS) is 31.6. The van der Waals surface area contributed by atoms with E-state index in [1.807, 2.05) is 4.90 Å². The van der Waals surface area contributed by atoms with Crippen molar-refractivity contribution in [2.24, 2.45) is 5.92 Å². The summed E-state index contributed by atoms with van der Waals surface area (Å²) in [6.07, 6.45) is 4.90. The van der Waals surface area contributed by atoms with E-state index in [9.17, 15) is 4.79 Å². The Kier molecular flexibility index (Phi) is 3.06. The standard InChI is InChI=1S/C11H20N2O/c1-9-7-10(9)12-8-11(14)13-5-3-2-4-6-13/h9-10,12H,2-8H2,1H3. The van der Waals surface area contributed by atoms with E-state index in [0.29, 0.717) is 18.5 Å². The lowest BCUT2D eigenvalue weighted by atomic mass is 10.1. The van der Waals surface area contributed by atoms with E-state index in [0.717, 1.165) is 19.0 Å². The second-order valence-corrected chi connectivity index (χ2v) is 4.64. The SMILES string of the molecule is CC1CC1NCC(=O)N1CCCCC1. The minimum Gasteiger partial charge on any atom is -0.342 e. The van der Waals surface area contributed by atoms with Crippen LogP contribution in [0.1, 0.15) is 32.6 Å². The van der Waals surface area contributed by atoms with Gasteiger partial charge in [0.2, 0.25) is 5.91 Å². The fourth-order valence-electron chi connectivity index (χ4n) is 2.08. The lowest BCUT2D eigenvalue weighted by Crippen LogP contribution is -2.41. The summed E-state index contributed by atoms with van der Waals surface area (Å²) in [7, 11) is 0. The van der Waals surface area contributed by atoms with Crippen molar-refractivity contribution >= 4 is 5.91 Å². The minimum absolute atomic E-state index is 0.295. The van der Waals surface area contributed by atoms with Crippen LogP contribution in [0.15, 0.2) is 0 Å². The van der Waals surface area contributed by atoms with Crippen molar-refractivity contribution in [1.29, 1.82) is 0 Å². The molecule has 1 N–H and O–H groups in total. The average molecular weight is 196 g/mol. The number of nitrogens with zero attached hydrogens (tertiary/aromatic N) is 1. The lowest BCUT2D eigenvalue weighted by Gasteiger charge is -2.26. The Morgan fingerprint density at radius 1 is 1.36 bits per heavy atom. The number of hydrogen-bond donors (Lipinski definition) is 1. The first kappa shape index (κ1) is 9.97. The fourth-order valence-corrected chi connectivity index (χ4v) is 2.08. The molecule has 1 saturated carbocycles. The van der Waals surface area contributed by atoms with E-state index >= 15 is 0 Å². The van der Waals surface area contributed by atoms with Crippen LogP contribution in [0.3, 0.4) is 0 Å². The smallest absolute Gasteiger partial charge is 0.236 e. The average Bonchev–Trinajstić information content (AvgIpc) is 2.92. The number of likely N-dealkylation sites (tertiary alicyclic amines) is 1. The molecule has 0 aromatic carbocycles. The highest BCUT2D eigenvalue weighted by molar-refractivity contribution is 5.78. The quantitative estimate of drug-likeness (QED) is 0.730. The van der Waals surface area contributed by atoms with Crippen LogP contribution in [0.2, 0.25) is 0 Å². The summed E-state index contributed by atoms with van der Waals surface area (Å²) in [5.41, 5.74) is 0. The summed E-state index contributed by atoms with van der Waals surface area (Å²) >= 11 is 0. The van der Waals surface area contributed by atoms with Gasteiger partial charge in [0, 0.05) is 19.1 Å². The van der Waals surface area contributed by atoms with Gasteiger partial charge >= 0.3 is 0 Å². The Morgan fingerprint density at radius 3 is 2.57 bits per heavy atom. The number of rotatable bonds is 3. The largest absolute Gasteiger partial charge is 0.342 e. The molecular formula is C11H20N2O. The van der Waals surface area contributed by atoms with E-state index < -0.39 is 0 Å². The Morgan fingerprint density at radius 2 is 2.00 bits per heavy atom. The molecule has 0 aromatic heterocycles. The molecule has 14 heavy (non-hydrogen) atoms. The third kappa shape index (κ3) is 2.47. The van der Waals surface area contributed by atoms with Gasteiger partial charge in [0.05, 0.1) is 6.54 Å². The first-order valence-electron chi connectivity index (χ1n) is 5.78. The van der Waals surface area contributed by atoms with Gasteiger partial charge in [0.1, 0.15) is 0 Å². The van der Waals surface area contributed by atoms with Crippen molar-refractivity contribution in [3.8, 4) is 0 Å². The topological polar surface area (TPSA) is 32.3 Å². The van der Waals surface area contributed by atoms with Gasteiger partial charge in [-0.15, -0.1) is 0 Å². The molecule has 3 heteroatoms. The van der Waals surface area contributed by atoms with Crippen molar-refractivity contribution in [3.63, 3.8) is 0 Å². The molecule has 2 aliphatic rings. The summed E-state index contributed by atoms with van der Waals surface area (Å²) in [6, 6.07) is 0.615. The maximum atomic E-state index is 11.7. The lowest BCUT2D eigenvalue weighted by molar-refractivity contribution is -0.131. The number of piperidine rings is 1. The number of amides is 1. The van der Waals surface area contributed by atoms with Crippen molar-refractivity contribution in [1.82, 2.24) is 10.2 Å². The maximum absolute atomic E-state index is 11.7. The van der Waals surface area contributed by atoms with Crippen LogP contribution in [-0.4, -0.2) is 36.5 Å². The van der Waals surface area contributed by atoms with Crippen LogP contribution < -0.4 is 5.32 Å². The third-order valence-electron chi connectivity index (χ3n) is 3.33.